The van der Waals surface area contributed by atoms with Crippen molar-refractivity contribution in [3.63, 3.8) is 0 Å². The molecule has 19 heteroatoms. The quantitative estimate of drug-likeness (QED) is 0.0222. The van der Waals surface area contributed by atoms with Crippen molar-refractivity contribution in [2.75, 3.05) is 39.6 Å². The second-order valence-corrected chi connectivity index (χ2v) is 33.1. The van der Waals surface area contributed by atoms with E-state index in [1.54, 1.807) is 0 Å². The molecule has 2 unspecified atom stereocenters. The third-order valence-electron chi connectivity index (χ3n) is 18.6. The maximum atomic E-state index is 13.1. The number of hydrogen-bond acceptors (Lipinski definition) is 15. The minimum atomic E-state index is -4.96. The number of phosphoric acid groups is 2. The van der Waals surface area contributed by atoms with Crippen LogP contribution in [0.3, 0.4) is 0 Å². The maximum Gasteiger partial charge on any atom is 0.472 e. The molecule has 3 N–H and O–H groups in total. The largest absolute Gasteiger partial charge is 0.472 e. The van der Waals surface area contributed by atoms with E-state index in [9.17, 15) is 43.2 Å². The summed E-state index contributed by atoms with van der Waals surface area (Å²) in [6, 6.07) is 0. The van der Waals surface area contributed by atoms with Crippen molar-refractivity contribution in [2.45, 2.75) is 433 Å². The smallest absolute Gasteiger partial charge is 0.462 e. The third-order valence-corrected chi connectivity index (χ3v) is 20.5. The van der Waals surface area contributed by atoms with Crippen molar-refractivity contribution in [3.05, 3.63) is 0 Å². The minimum Gasteiger partial charge on any atom is -0.462 e. The van der Waals surface area contributed by atoms with Gasteiger partial charge in [0, 0.05) is 25.7 Å². The first-order valence-corrected chi connectivity index (χ1v) is 44.3. The summed E-state index contributed by atoms with van der Waals surface area (Å²) in [6.07, 6.45) is 58.3. The molecule has 0 saturated heterocycles. The second-order valence-electron chi connectivity index (χ2n) is 30.2. The normalized spacial score (nSPS) is 14.0. The molecular weight excluding hydrogens is 1290 g/mol. The second kappa shape index (κ2) is 70.4. The molecule has 0 radical (unpaired) electrons. The molecule has 0 spiro atoms. The van der Waals surface area contributed by atoms with Gasteiger partial charge >= 0.3 is 39.5 Å². The van der Waals surface area contributed by atoms with Crippen LogP contribution >= 0.6 is 15.6 Å². The lowest BCUT2D eigenvalue weighted by Gasteiger charge is -2.21. The molecule has 0 aliphatic rings. The van der Waals surface area contributed by atoms with Crippen LogP contribution in [0.15, 0.2) is 0 Å². The van der Waals surface area contributed by atoms with Crippen LogP contribution in [-0.2, 0) is 65.4 Å². The number of esters is 4. The molecule has 0 amide bonds. The lowest BCUT2D eigenvalue weighted by atomic mass is 10.0. The Morgan fingerprint density at radius 3 is 0.687 bits per heavy atom. The fourth-order valence-corrected chi connectivity index (χ4v) is 13.9. The molecule has 0 aromatic heterocycles. The van der Waals surface area contributed by atoms with E-state index in [0.717, 1.165) is 108 Å². The van der Waals surface area contributed by atoms with Crippen LogP contribution in [0.1, 0.15) is 414 Å². The van der Waals surface area contributed by atoms with Crippen molar-refractivity contribution in [1.82, 2.24) is 0 Å². The molecule has 0 aromatic carbocycles. The molecule has 0 bridgehead atoms. The van der Waals surface area contributed by atoms with Gasteiger partial charge in [0.2, 0.25) is 0 Å². The molecule has 588 valence electrons. The summed E-state index contributed by atoms with van der Waals surface area (Å²) < 4.78 is 68.7. The lowest BCUT2D eigenvalue weighted by molar-refractivity contribution is -0.161. The Balaban J connectivity index is 5.25. The topological polar surface area (TPSA) is 237 Å². The van der Waals surface area contributed by atoms with Crippen molar-refractivity contribution >= 4 is 39.5 Å². The Kier molecular flexibility index (Phi) is 69.0. The number of aliphatic hydroxyl groups excluding tert-OH is 1. The van der Waals surface area contributed by atoms with Gasteiger partial charge < -0.3 is 33.8 Å². The highest BCUT2D eigenvalue weighted by atomic mass is 31.2. The van der Waals surface area contributed by atoms with E-state index in [4.69, 9.17) is 37.0 Å². The Morgan fingerprint density at radius 1 is 0.273 bits per heavy atom. The van der Waals surface area contributed by atoms with Crippen molar-refractivity contribution in [1.29, 1.82) is 0 Å². The Bertz CT molecular complexity index is 1920. The molecule has 0 aliphatic heterocycles. The molecule has 0 rings (SSSR count). The maximum absolute atomic E-state index is 13.1. The van der Waals surface area contributed by atoms with Crippen LogP contribution in [0.2, 0.25) is 0 Å². The highest BCUT2D eigenvalue weighted by molar-refractivity contribution is 7.47. The first kappa shape index (κ1) is 97.1. The molecule has 0 heterocycles. The fourth-order valence-electron chi connectivity index (χ4n) is 12.3. The monoisotopic (exact) mass is 1450 g/mol. The van der Waals surface area contributed by atoms with Crippen LogP contribution in [0.4, 0.5) is 0 Å². The van der Waals surface area contributed by atoms with Gasteiger partial charge in [-0.15, -0.1) is 0 Å². The number of unbranched alkanes of at least 4 members (excludes halogenated alkanes) is 46. The standard InChI is InChI=1S/C80H156O17P2/c1-8-9-10-11-12-13-14-15-16-17-20-23-26-33-40-47-54-61-77(82)90-67-75(96-79(84)63-56-49-42-34-27-24-21-18-19-22-25-30-37-44-51-58-71(2)3)69-94-98(86,87)92-65-74(81)66-93-99(88,89)95-70-76(97-80(85)64-57-50-43-36-29-32-39-46-53-60-73(6)7)68-91-78(83)62-55-48-41-35-28-31-38-45-52-59-72(4)5/h71-76,81H,8-70H2,1-7H3,(H,86,87)(H,88,89)/t74-,75-,76-/m1/s1. The molecule has 5 atom stereocenters. The van der Waals surface area contributed by atoms with Crippen LogP contribution < -0.4 is 0 Å². The molecule has 0 aromatic rings. The molecular formula is C80H156O17P2. The summed E-state index contributed by atoms with van der Waals surface area (Å²) in [6.45, 7) is 11.9. The summed E-state index contributed by atoms with van der Waals surface area (Å²) >= 11 is 0. The van der Waals surface area contributed by atoms with E-state index in [2.05, 4.69) is 48.5 Å². The Morgan fingerprint density at radius 2 is 0.465 bits per heavy atom. The number of hydrogen-bond donors (Lipinski definition) is 3. The zero-order valence-electron chi connectivity index (χ0n) is 65.0. The van der Waals surface area contributed by atoms with Crippen LogP contribution in [0.25, 0.3) is 0 Å². The zero-order valence-corrected chi connectivity index (χ0v) is 66.8. The molecule has 0 fully saturated rings. The number of phosphoric ester groups is 2. The number of ether oxygens (including phenoxy) is 4. The minimum absolute atomic E-state index is 0.105. The molecule has 0 saturated carbocycles. The number of aliphatic hydroxyl groups is 1. The zero-order chi connectivity index (χ0) is 73.0. The summed E-state index contributed by atoms with van der Waals surface area (Å²) in [5.41, 5.74) is 0. The van der Waals surface area contributed by atoms with Gasteiger partial charge in [0.05, 0.1) is 26.4 Å². The van der Waals surface area contributed by atoms with Crippen LogP contribution in [0.5, 0.6) is 0 Å². The fraction of sp³-hybridized carbons (Fsp3) is 0.950. The van der Waals surface area contributed by atoms with Gasteiger partial charge in [0.25, 0.3) is 0 Å². The van der Waals surface area contributed by atoms with Gasteiger partial charge in [0.1, 0.15) is 19.3 Å². The summed E-state index contributed by atoms with van der Waals surface area (Å²) in [5, 5.41) is 10.6. The lowest BCUT2D eigenvalue weighted by Crippen LogP contribution is -2.30. The highest BCUT2D eigenvalue weighted by Crippen LogP contribution is 2.45. The van der Waals surface area contributed by atoms with Crippen molar-refractivity contribution in [3.8, 4) is 0 Å². The average Bonchev–Trinajstić information content (AvgIpc) is 1.09. The average molecular weight is 1450 g/mol. The first-order chi connectivity index (χ1) is 47.7. The summed E-state index contributed by atoms with van der Waals surface area (Å²) in [5.74, 6) is 0.170. The predicted molar refractivity (Wildman–Crippen MR) is 405 cm³/mol. The number of rotatable bonds is 78. The van der Waals surface area contributed by atoms with Gasteiger partial charge in [0.15, 0.2) is 12.2 Å². The Hall–Kier alpha value is -1.94. The van der Waals surface area contributed by atoms with Gasteiger partial charge in [-0.1, -0.05) is 363 Å². The van der Waals surface area contributed by atoms with Crippen LogP contribution in [0, 0.1) is 17.8 Å². The predicted octanol–water partition coefficient (Wildman–Crippen LogP) is 23.7. The van der Waals surface area contributed by atoms with E-state index in [1.807, 2.05) is 0 Å². The van der Waals surface area contributed by atoms with Gasteiger partial charge in [-0.05, 0) is 43.4 Å². The first-order valence-electron chi connectivity index (χ1n) is 41.3. The molecule has 0 aliphatic carbocycles. The van der Waals surface area contributed by atoms with E-state index in [0.29, 0.717) is 25.7 Å². The Labute approximate surface area is 607 Å². The number of carbonyl (C=O) groups is 4. The third kappa shape index (κ3) is 74.1. The SMILES string of the molecule is CCCCCCCCCCCCCCCCCCCC(=O)OC[C@H](COP(=O)(O)OC[C@@H](O)COP(=O)(O)OC[C@@H](COC(=O)CCCCCCCCCCCC(C)C)OC(=O)CCCCCCCCCCCC(C)C)OC(=O)CCCCCCCCCCCCCCCCCC(C)C. The van der Waals surface area contributed by atoms with Crippen molar-refractivity contribution in [2.24, 2.45) is 17.8 Å². The van der Waals surface area contributed by atoms with Gasteiger partial charge in [-0.25, -0.2) is 9.13 Å². The van der Waals surface area contributed by atoms with E-state index >= 15 is 0 Å². The summed E-state index contributed by atoms with van der Waals surface area (Å²) in [4.78, 5) is 73.0. The molecule has 99 heavy (non-hydrogen) atoms. The summed E-state index contributed by atoms with van der Waals surface area (Å²) in [7, 11) is -9.92. The van der Waals surface area contributed by atoms with Crippen LogP contribution in [-0.4, -0.2) is 96.7 Å². The van der Waals surface area contributed by atoms with Gasteiger partial charge in [-0.2, -0.15) is 0 Å². The van der Waals surface area contributed by atoms with Crippen molar-refractivity contribution < 1.29 is 80.2 Å². The van der Waals surface area contributed by atoms with E-state index in [-0.39, 0.29) is 25.7 Å². The van der Waals surface area contributed by atoms with Gasteiger partial charge in [-0.3, -0.25) is 37.3 Å². The number of carbonyl (C=O) groups excluding carboxylic acids is 4. The molecule has 17 nitrogen and oxygen atoms in total. The highest BCUT2D eigenvalue weighted by Gasteiger charge is 2.30. The van der Waals surface area contributed by atoms with E-state index < -0.39 is 97.5 Å². The van der Waals surface area contributed by atoms with E-state index in [1.165, 1.54) is 225 Å².